The van der Waals surface area contributed by atoms with Crippen LogP contribution in [0.25, 0.3) is 0 Å². The minimum atomic E-state index is 0.140. The molecule has 0 saturated heterocycles. The molecule has 0 heterocycles. The number of rotatable bonds is 2. The number of fused-ring (bicyclic) bond motifs is 5. The zero-order valence-corrected chi connectivity index (χ0v) is 16.8. The van der Waals surface area contributed by atoms with Crippen LogP contribution in [0.4, 0.5) is 0 Å². The molecule has 4 aliphatic rings. The van der Waals surface area contributed by atoms with Crippen LogP contribution in [0.3, 0.4) is 0 Å². The van der Waals surface area contributed by atoms with E-state index in [9.17, 15) is 4.79 Å². The van der Waals surface area contributed by atoms with Crippen molar-refractivity contribution in [3.63, 3.8) is 0 Å². The molecule has 0 N–H and O–H groups in total. The summed E-state index contributed by atoms with van der Waals surface area (Å²) in [7, 11) is 0. The summed E-state index contributed by atoms with van der Waals surface area (Å²) in [5.41, 5.74) is 2.12. The summed E-state index contributed by atoms with van der Waals surface area (Å²) in [6.07, 6.45) is 14.2. The summed E-state index contributed by atoms with van der Waals surface area (Å²) in [6.45, 7) is 12.4. The topological polar surface area (TPSA) is 17.1 Å². The number of allylic oxidation sites excluding steroid dienone is 4. The van der Waals surface area contributed by atoms with Crippen molar-refractivity contribution < 1.29 is 4.79 Å². The first-order valence-corrected chi connectivity index (χ1v) is 10.8. The minimum Gasteiger partial charge on any atom is -0.290 e. The maximum atomic E-state index is 11.9. The highest BCUT2D eigenvalue weighted by molar-refractivity contribution is 6.01. The van der Waals surface area contributed by atoms with Gasteiger partial charge in [0, 0.05) is 5.41 Å². The van der Waals surface area contributed by atoms with E-state index in [1.807, 2.05) is 12.2 Å². The number of hydrogen-bond acceptors (Lipinski definition) is 1. The molecular weight excluding hydrogens is 304 g/mol. The molecule has 0 aromatic rings. The first-order valence-electron chi connectivity index (χ1n) is 10.8. The van der Waals surface area contributed by atoms with Gasteiger partial charge in [0.25, 0.3) is 0 Å². The standard InChI is InChI=1S/C24H36O/c1-6-15(2)19-7-8-20-22-16(3)13-17-14-18(25)9-11-23(17,4)21(22)10-12-24(19,20)5/h9,11,14-16,19-22H,6-8,10,12-13H2,1-5H3/t15-,16-,19-,20?,21?,22?,23+,24-/m1/s1. The molecule has 3 saturated carbocycles. The number of hydrogen-bond donors (Lipinski definition) is 0. The van der Waals surface area contributed by atoms with Gasteiger partial charge in [-0.05, 0) is 85.2 Å². The maximum Gasteiger partial charge on any atom is 0.178 e. The molecule has 25 heavy (non-hydrogen) atoms. The molecular formula is C24H36O. The molecule has 0 amide bonds. The lowest BCUT2D eigenvalue weighted by Crippen LogP contribution is -2.52. The van der Waals surface area contributed by atoms with E-state index in [2.05, 4.69) is 40.7 Å². The Morgan fingerprint density at radius 1 is 1.20 bits per heavy atom. The van der Waals surface area contributed by atoms with Crippen LogP contribution < -0.4 is 0 Å². The van der Waals surface area contributed by atoms with Crippen LogP contribution >= 0.6 is 0 Å². The lowest BCUT2D eigenvalue weighted by molar-refractivity contribution is -0.111. The van der Waals surface area contributed by atoms with Crippen molar-refractivity contribution in [3.8, 4) is 0 Å². The minimum absolute atomic E-state index is 0.140. The van der Waals surface area contributed by atoms with Crippen molar-refractivity contribution in [2.24, 2.45) is 46.3 Å². The third kappa shape index (κ3) is 2.37. The highest BCUT2D eigenvalue weighted by Crippen LogP contribution is 2.68. The first kappa shape index (κ1) is 17.6. The Bertz CT molecular complexity index is 628. The predicted octanol–water partition coefficient (Wildman–Crippen LogP) is 6.20. The van der Waals surface area contributed by atoms with E-state index in [1.165, 1.54) is 37.7 Å². The van der Waals surface area contributed by atoms with E-state index >= 15 is 0 Å². The van der Waals surface area contributed by atoms with Gasteiger partial charge in [-0.2, -0.15) is 0 Å². The fourth-order valence-electron chi connectivity index (χ4n) is 7.81. The first-order chi connectivity index (χ1) is 11.8. The van der Waals surface area contributed by atoms with E-state index in [4.69, 9.17) is 0 Å². The Morgan fingerprint density at radius 2 is 1.96 bits per heavy atom. The van der Waals surface area contributed by atoms with Crippen LogP contribution in [-0.2, 0) is 4.79 Å². The lowest BCUT2D eigenvalue weighted by Gasteiger charge is -2.59. The lowest BCUT2D eigenvalue weighted by atomic mass is 9.45. The summed E-state index contributed by atoms with van der Waals surface area (Å²) < 4.78 is 0. The monoisotopic (exact) mass is 340 g/mol. The Balaban J connectivity index is 1.69. The van der Waals surface area contributed by atoms with E-state index in [1.54, 1.807) is 0 Å². The zero-order chi connectivity index (χ0) is 18.0. The Labute approximate surface area is 154 Å². The van der Waals surface area contributed by atoms with Gasteiger partial charge in [0.05, 0.1) is 0 Å². The molecule has 1 heteroatoms. The summed E-state index contributed by atoms with van der Waals surface area (Å²) in [5, 5.41) is 0. The molecule has 4 rings (SSSR count). The van der Waals surface area contributed by atoms with Gasteiger partial charge in [0.2, 0.25) is 0 Å². The number of carbonyl (C=O) groups is 1. The summed E-state index contributed by atoms with van der Waals surface area (Å²) in [4.78, 5) is 11.9. The number of ketones is 1. The van der Waals surface area contributed by atoms with Gasteiger partial charge in [-0.25, -0.2) is 0 Å². The fraction of sp³-hybridized carbons (Fsp3) is 0.792. The predicted molar refractivity (Wildman–Crippen MR) is 104 cm³/mol. The highest BCUT2D eigenvalue weighted by Gasteiger charge is 2.60. The molecule has 0 radical (unpaired) electrons. The third-order valence-electron chi connectivity index (χ3n) is 9.31. The van der Waals surface area contributed by atoms with Crippen molar-refractivity contribution in [1.29, 1.82) is 0 Å². The van der Waals surface area contributed by atoms with Gasteiger partial charge in [0.15, 0.2) is 5.78 Å². The van der Waals surface area contributed by atoms with Crippen LogP contribution in [0.1, 0.15) is 73.1 Å². The Hall–Kier alpha value is -0.850. The van der Waals surface area contributed by atoms with Crippen LogP contribution in [-0.4, -0.2) is 5.78 Å². The van der Waals surface area contributed by atoms with E-state index in [0.717, 1.165) is 41.9 Å². The van der Waals surface area contributed by atoms with Crippen LogP contribution in [0, 0.1) is 46.3 Å². The zero-order valence-electron chi connectivity index (χ0n) is 16.8. The van der Waals surface area contributed by atoms with Gasteiger partial charge in [0.1, 0.15) is 0 Å². The fourth-order valence-corrected chi connectivity index (χ4v) is 7.81. The molecule has 0 bridgehead atoms. The van der Waals surface area contributed by atoms with Gasteiger partial charge >= 0.3 is 0 Å². The largest absolute Gasteiger partial charge is 0.290 e. The van der Waals surface area contributed by atoms with Gasteiger partial charge in [-0.3, -0.25) is 4.79 Å². The molecule has 0 aromatic carbocycles. The van der Waals surface area contributed by atoms with Crippen molar-refractivity contribution in [1.82, 2.24) is 0 Å². The Morgan fingerprint density at radius 3 is 2.68 bits per heavy atom. The Kier molecular flexibility index (Phi) is 4.09. The maximum absolute atomic E-state index is 11.9. The molecule has 0 aliphatic heterocycles. The second-order valence-electron chi connectivity index (χ2n) is 10.3. The van der Waals surface area contributed by atoms with Crippen LogP contribution in [0.5, 0.6) is 0 Å². The third-order valence-corrected chi connectivity index (χ3v) is 9.31. The van der Waals surface area contributed by atoms with E-state index in [-0.39, 0.29) is 11.2 Å². The van der Waals surface area contributed by atoms with Crippen molar-refractivity contribution in [2.75, 3.05) is 0 Å². The molecule has 3 unspecified atom stereocenters. The molecule has 0 spiro atoms. The highest BCUT2D eigenvalue weighted by atomic mass is 16.1. The van der Waals surface area contributed by atoms with Gasteiger partial charge in [-0.1, -0.05) is 52.7 Å². The second kappa shape index (κ2) is 5.83. The average Bonchev–Trinajstić information content (AvgIpc) is 2.93. The van der Waals surface area contributed by atoms with Gasteiger partial charge in [-0.15, -0.1) is 0 Å². The molecule has 3 fully saturated rings. The molecule has 4 aliphatic carbocycles. The second-order valence-corrected chi connectivity index (χ2v) is 10.3. The van der Waals surface area contributed by atoms with Crippen molar-refractivity contribution >= 4 is 5.78 Å². The summed E-state index contributed by atoms with van der Waals surface area (Å²) in [6, 6.07) is 0. The SMILES string of the molecule is CC[C@@H](C)[C@H]1CCC2C3C(CC[C@@]21C)[C@@]1(C)C=CC(=O)C=C1C[C@H]3C. The van der Waals surface area contributed by atoms with Gasteiger partial charge < -0.3 is 0 Å². The number of carbonyl (C=O) groups excluding carboxylic acids is 1. The smallest absolute Gasteiger partial charge is 0.178 e. The quantitative estimate of drug-likeness (QED) is 0.584. The van der Waals surface area contributed by atoms with Crippen molar-refractivity contribution in [3.05, 3.63) is 23.8 Å². The molecule has 8 atom stereocenters. The normalized spacial score (nSPS) is 49.9. The van der Waals surface area contributed by atoms with E-state index < -0.39 is 0 Å². The molecule has 138 valence electrons. The van der Waals surface area contributed by atoms with Crippen molar-refractivity contribution in [2.45, 2.75) is 73.1 Å². The van der Waals surface area contributed by atoms with E-state index in [0.29, 0.717) is 5.41 Å². The molecule has 1 nitrogen and oxygen atoms in total. The van der Waals surface area contributed by atoms with Crippen LogP contribution in [0.15, 0.2) is 23.8 Å². The summed E-state index contributed by atoms with van der Waals surface area (Å²) >= 11 is 0. The average molecular weight is 341 g/mol. The molecule has 0 aromatic heterocycles. The summed E-state index contributed by atoms with van der Waals surface area (Å²) in [5.74, 6) is 5.19. The van der Waals surface area contributed by atoms with Crippen LogP contribution in [0.2, 0.25) is 0 Å².